The first-order chi connectivity index (χ1) is 12.3. The van der Waals surface area contributed by atoms with Gasteiger partial charge in [0, 0.05) is 30.0 Å². The van der Waals surface area contributed by atoms with Crippen LogP contribution in [0.3, 0.4) is 0 Å². The maximum Gasteiger partial charge on any atom is 0.188 e. The Bertz CT molecular complexity index is 688. The highest BCUT2D eigenvalue weighted by Crippen LogP contribution is 2.23. The Hall–Kier alpha value is -1.19. The summed E-state index contributed by atoms with van der Waals surface area (Å²) in [4.78, 5) is 11.7. The van der Waals surface area contributed by atoms with Crippen molar-refractivity contribution in [1.29, 1.82) is 0 Å². The number of hydrogen-bond acceptors (Lipinski definition) is 4. The minimum atomic E-state index is 0. The molecule has 142 valence electrons. The average Bonchev–Trinajstić information content (AvgIpc) is 3.30. The van der Waals surface area contributed by atoms with Gasteiger partial charge in [0.05, 0.1) is 12.2 Å². The molecule has 2 heterocycles. The monoisotopic (exact) mass is 485 g/mol. The second kappa shape index (κ2) is 10.8. The molecule has 5 nitrogen and oxygen atoms in total. The van der Waals surface area contributed by atoms with E-state index in [9.17, 15) is 0 Å². The lowest BCUT2D eigenvalue weighted by atomic mass is 10.2. The van der Waals surface area contributed by atoms with Crippen molar-refractivity contribution in [1.82, 2.24) is 15.2 Å². The van der Waals surface area contributed by atoms with Crippen LogP contribution < -0.4 is 11.1 Å². The Balaban J connectivity index is 0.00000243. The molecule has 26 heavy (non-hydrogen) atoms. The van der Waals surface area contributed by atoms with E-state index in [1.807, 2.05) is 18.2 Å². The largest absolute Gasteiger partial charge is 0.370 e. The van der Waals surface area contributed by atoms with Crippen LogP contribution in [0.2, 0.25) is 0 Å². The van der Waals surface area contributed by atoms with E-state index in [1.165, 1.54) is 24.9 Å². The number of likely N-dealkylation sites (N-methyl/N-ethyl adjacent to an activating group) is 1. The zero-order chi connectivity index (χ0) is 17.5. The van der Waals surface area contributed by atoms with Crippen LogP contribution in [0, 0.1) is 0 Å². The van der Waals surface area contributed by atoms with Crippen molar-refractivity contribution in [2.24, 2.45) is 10.7 Å². The number of aromatic nitrogens is 1. The van der Waals surface area contributed by atoms with Crippen LogP contribution in [-0.4, -0.2) is 48.1 Å². The number of nitrogens with two attached hydrogens (primary N) is 1. The van der Waals surface area contributed by atoms with E-state index in [0.717, 1.165) is 36.8 Å². The van der Waals surface area contributed by atoms with Gasteiger partial charge in [-0.05, 0) is 25.9 Å². The van der Waals surface area contributed by atoms with Gasteiger partial charge in [0.1, 0.15) is 5.01 Å². The number of nitrogens with one attached hydrogen (secondary N) is 1. The fourth-order valence-corrected chi connectivity index (χ4v) is 4.09. The van der Waals surface area contributed by atoms with Crippen LogP contribution in [0.5, 0.6) is 0 Å². The van der Waals surface area contributed by atoms with Gasteiger partial charge in [-0.25, -0.2) is 4.98 Å². The van der Waals surface area contributed by atoms with Crippen LogP contribution in [0.1, 0.15) is 25.5 Å². The zero-order valence-corrected chi connectivity index (χ0v) is 18.4. The number of halogens is 1. The first kappa shape index (κ1) is 21.1. The number of guanidine groups is 1. The molecule has 0 bridgehead atoms. The van der Waals surface area contributed by atoms with Gasteiger partial charge in [-0.15, -0.1) is 35.3 Å². The van der Waals surface area contributed by atoms with Crippen molar-refractivity contribution in [3.05, 3.63) is 41.4 Å². The molecule has 1 aliphatic rings. The highest BCUT2D eigenvalue weighted by Gasteiger charge is 2.22. The van der Waals surface area contributed by atoms with E-state index in [2.05, 4.69) is 39.6 Å². The van der Waals surface area contributed by atoms with Crippen molar-refractivity contribution in [2.45, 2.75) is 32.2 Å². The Labute approximate surface area is 177 Å². The van der Waals surface area contributed by atoms with Gasteiger partial charge in [-0.3, -0.25) is 9.89 Å². The van der Waals surface area contributed by atoms with Crippen LogP contribution >= 0.6 is 35.3 Å². The molecule has 1 saturated heterocycles. The average molecular weight is 485 g/mol. The van der Waals surface area contributed by atoms with Crippen molar-refractivity contribution in [3.63, 3.8) is 0 Å². The number of likely N-dealkylation sites (tertiary alicyclic amines) is 1. The van der Waals surface area contributed by atoms with E-state index >= 15 is 0 Å². The van der Waals surface area contributed by atoms with Crippen LogP contribution in [0.15, 0.2) is 40.7 Å². The highest BCUT2D eigenvalue weighted by atomic mass is 127. The second-order valence-electron chi connectivity index (χ2n) is 6.34. The van der Waals surface area contributed by atoms with Gasteiger partial charge < -0.3 is 11.1 Å². The third kappa shape index (κ3) is 5.92. The summed E-state index contributed by atoms with van der Waals surface area (Å²) in [6, 6.07) is 10.8. The number of benzene rings is 1. The van der Waals surface area contributed by atoms with Gasteiger partial charge in [0.25, 0.3) is 0 Å². The molecule has 1 unspecified atom stereocenters. The SMILES string of the molecule is CCN1CCCC1CN=C(N)NCCc1csc(-c2ccccc2)n1.I. The zero-order valence-electron chi connectivity index (χ0n) is 15.2. The number of rotatable bonds is 7. The lowest BCUT2D eigenvalue weighted by Gasteiger charge is -2.20. The summed E-state index contributed by atoms with van der Waals surface area (Å²) in [7, 11) is 0. The summed E-state index contributed by atoms with van der Waals surface area (Å²) in [6.07, 6.45) is 3.35. The smallest absolute Gasteiger partial charge is 0.188 e. The molecule has 2 aromatic rings. The molecule has 0 amide bonds. The Morgan fingerprint density at radius 2 is 2.19 bits per heavy atom. The van der Waals surface area contributed by atoms with Gasteiger partial charge in [-0.1, -0.05) is 37.3 Å². The van der Waals surface area contributed by atoms with Crippen molar-refractivity contribution in [2.75, 3.05) is 26.2 Å². The first-order valence-electron chi connectivity index (χ1n) is 9.04. The normalized spacial score (nSPS) is 17.9. The molecule has 3 N–H and O–H groups in total. The summed E-state index contributed by atoms with van der Waals surface area (Å²) in [5.74, 6) is 0.543. The summed E-state index contributed by atoms with van der Waals surface area (Å²) in [5.41, 5.74) is 8.27. The minimum Gasteiger partial charge on any atom is -0.370 e. The first-order valence-corrected chi connectivity index (χ1v) is 9.92. The van der Waals surface area contributed by atoms with Gasteiger partial charge in [0.15, 0.2) is 5.96 Å². The van der Waals surface area contributed by atoms with E-state index in [1.54, 1.807) is 11.3 Å². The molecule has 3 rings (SSSR count). The van der Waals surface area contributed by atoms with Gasteiger partial charge >= 0.3 is 0 Å². The predicted octanol–water partition coefficient (Wildman–Crippen LogP) is 3.36. The van der Waals surface area contributed by atoms with Gasteiger partial charge in [-0.2, -0.15) is 0 Å². The molecule has 0 radical (unpaired) electrons. The van der Waals surface area contributed by atoms with Crippen LogP contribution in [0.25, 0.3) is 10.6 Å². The van der Waals surface area contributed by atoms with E-state index in [4.69, 9.17) is 10.7 Å². The summed E-state index contributed by atoms with van der Waals surface area (Å²) >= 11 is 1.69. The predicted molar refractivity (Wildman–Crippen MR) is 121 cm³/mol. The molecule has 1 atom stereocenters. The quantitative estimate of drug-likeness (QED) is 0.359. The molecule has 1 aromatic heterocycles. The van der Waals surface area contributed by atoms with Crippen molar-refractivity contribution >= 4 is 41.3 Å². The van der Waals surface area contributed by atoms with Gasteiger partial charge in [0.2, 0.25) is 0 Å². The van der Waals surface area contributed by atoms with E-state index in [0.29, 0.717) is 12.0 Å². The molecule has 0 aliphatic carbocycles. The third-order valence-corrected chi connectivity index (χ3v) is 5.58. The number of nitrogens with zero attached hydrogens (tertiary/aromatic N) is 3. The number of thiazole rings is 1. The number of hydrogen-bond donors (Lipinski definition) is 2. The van der Waals surface area contributed by atoms with E-state index < -0.39 is 0 Å². The Morgan fingerprint density at radius 3 is 2.96 bits per heavy atom. The molecule has 1 fully saturated rings. The summed E-state index contributed by atoms with van der Waals surface area (Å²) in [6.45, 7) is 6.05. The third-order valence-electron chi connectivity index (χ3n) is 4.64. The summed E-state index contributed by atoms with van der Waals surface area (Å²) in [5, 5.41) is 6.40. The van der Waals surface area contributed by atoms with Crippen molar-refractivity contribution < 1.29 is 0 Å². The molecular weight excluding hydrogens is 457 g/mol. The Kier molecular flexibility index (Phi) is 8.80. The van der Waals surface area contributed by atoms with Crippen molar-refractivity contribution in [3.8, 4) is 10.6 Å². The molecule has 1 aromatic carbocycles. The molecule has 0 saturated carbocycles. The fourth-order valence-electron chi connectivity index (χ4n) is 3.23. The molecule has 1 aliphatic heterocycles. The maximum atomic E-state index is 6.00. The van der Waals surface area contributed by atoms with E-state index in [-0.39, 0.29) is 24.0 Å². The maximum absolute atomic E-state index is 6.00. The standard InChI is InChI=1S/C19H27N5S.HI/c1-2-24-12-6-9-17(24)13-22-19(20)21-11-10-16-14-25-18(23-16)15-7-4-3-5-8-15;/h3-5,7-8,14,17H,2,6,9-13H2,1H3,(H3,20,21,22);1H. The lowest BCUT2D eigenvalue weighted by Crippen LogP contribution is -2.36. The topological polar surface area (TPSA) is 66.5 Å². The molecular formula is C19H28IN5S. The highest BCUT2D eigenvalue weighted by molar-refractivity contribution is 14.0. The summed E-state index contributed by atoms with van der Waals surface area (Å²) < 4.78 is 0. The van der Waals surface area contributed by atoms with Crippen LogP contribution in [0.4, 0.5) is 0 Å². The molecule has 0 spiro atoms. The minimum absolute atomic E-state index is 0. The Morgan fingerprint density at radius 1 is 1.38 bits per heavy atom. The second-order valence-corrected chi connectivity index (χ2v) is 7.20. The van der Waals surface area contributed by atoms with Crippen LogP contribution in [-0.2, 0) is 6.42 Å². The molecule has 7 heteroatoms. The number of aliphatic imine (C=N–C) groups is 1. The lowest BCUT2D eigenvalue weighted by molar-refractivity contribution is 0.273. The fraction of sp³-hybridized carbons (Fsp3) is 0.474.